The first-order valence-corrected chi connectivity index (χ1v) is 21.1. The molecule has 0 spiro atoms. The van der Waals surface area contributed by atoms with Crippen LogP contribution in [0.15, 0.2) is 224 Å². The second kappa shape index (κ2) is 14.8. The first-order chi connectivity index (χ1) is 30.7. The van der Waals surface area contributed by atoms with Gasteiger partial charge in [0.2, 0.25) is 0 Å². The van der Waals surface area contributed by atoms with Gasteiger partial charge in [0.15, 0.2) is 17.5 Å². The first kappa shape index (κ1) is 35.7. The minimum absolute atomic E-state index is 0.628. The van der Waals surface area contributed by atoms with E-state index in [1.807, 2.05) is 0 Å². The molecule has 288 valence electrons. The van der Waals surface area contributed by atoms with Crippen molar-refractivity contribution in [2.75, 3.05) is 0 Å². The summed E-state index contributed by atoms with van der Waals surface area (Å²) in [5.41, 5.74) is 9.87. The molecule has 1 aromatic heterocycles. The summed E-state index contributed by atoms with van der Waals surface area (Å²) < 4.78 is 0. The first-order valence-electron chi connectivity index (χ1n) is 21.1. The fourth-order valence-electron chi connectivity index (χ4n) is 9.17. The van der Waals surface area contributed by atoms with Crippen LogP contribution in [-0.4, -0.2) is 15.0 Å². The molecule has 0 aliphatic heterocycles. The molecule has 0 fully saturated rings. The summed E-state index contributed by atoms with van der Waals surface area (Å²) in [5, 5.41) is 12.1. The molecule has 0 saturated carbocycles. The number of fused-ring (bicyclic) bond motifs is 6. The molecule has 0 unspecified atom stereocenters. The second-order valence-corrected chi connectivity index (χ2v) is 16.0. The van der Waals surface area contributed by atoms with Crippen LogP contribution in [0.4, 0.5) is 0 Å². The molecule has 1 heterocycles. The molecule has 0 aliphatic rings. The third-order valence-electron chi connectivity index (χ3n) is 12.3. The topological polar surface area (TPSA) is 38.7 Å². The number of benzene rings is 11. The highest BCUT2D eigenvalue weighted by molar-refractivity contribution is 6.11. The van der Waals surface area contributed by atoms with E-state index in [1.54, 1.807) is 0 Å². The van der Waals surface area contributed by atoms with E-state index >= 15 is 0 Å². The molecule has 0 atom stereocenters. The van der Waals surface area contributed by atoms with Gasteiger partial charge < -0.3 is 0 Å². The van der Waals surface area contributed by atoms with E-state index in [2.05, 4.69) is 224 Å². The zero-order valence-corrected chi connectivity index (χ0v) is 33.7. The van der Waals surface area contributed by atoms with Crippen LogP contribution >= 0.6 is 0 Å². The maximum Gasteiger partial charge on any atom is 0.164 e. The fourth-order valence-corrected chi connectivity index (χ4v) is 9.17. The van der Waals surface area contributed by atoms with Gasteiger partial charge in [-0.1, -0.05) is 206 Å². The number of aromatic nitrogens is 3. The van der Waals surface area contributed by atoms with Gasteiger partial charge in [0, 0.05) is 16.7 Å². The SMILES string of the molecule is c1cc(-c2ccc3cc(-c4cccc5ccccc45)ccc3c2)cc(-c2nc(-c3ccc(-c4cccc5ccccc45)cc3)nc(-c3cccc4c3ccc3ccccc34)n2)c1. The van der Waals surface area contributed by atoms with Gasteiger partial charge in [0.25, 0.3) is 0 Å². The van der Waals surface area contributed by atoms with Crippen LogP contribution in [0, 0.1) is 0 Å². The van der Waals surface area contributed by atoms with E-state index < -0.39 is 0 Å². The minimum Gasteiger partial charge on any atom is -0.208 e. The Kier molecular flexibility index (Phi) is 8.50. The maximum atomic E-state index is 5.25. The smallest absolute Gasteiger partial charge is 0.164 e. The van der Waals surface area contributed by atoms with E-state index in [0.717, 1.165) is 38.8 Å². The van der Waals surface area contributed by atoms with Crippen molar-refractivity contribution >= 4 is 53.9 Å². The lowest BCUT2D eigenvalue weighted by Crippen LogP contribution is -2.01. The van der Waals surface area contributed by atoms with Gasteiger partial charge in [-0.2, -0.15) is 0 Å². The van der Waals surface area contributed by atoms with E-state index in [4.69, 9.17) is 15.0 Å². The zero-order valence-electron chi connectivity index (χ0n) is 33.7. The van der Waals surface area contributed by atoms with Crippen LogP contribution in [-0.2, 0) is 0 Å². The molecule has 12 rings (SSSR count). The predicted molar refractivity (Wildman–Crippen MR) is 260 cm³/mol. The standard InChI is InChI=1S/C59H37N3/c1-4-18-49-38(11-1)14-8-21-51(49)41-25-27-42(28-26-41)57-60-58(62-59(61-57)56-24-10-23-54-52-20-6-3-13-40(52)33-34-55(54)56)48-17-7-16-43(37-48)44-29-30-46-36-47(32-31-45(46)35-44)53-22-9-15-39-12-2-5-19-50(39)53/h1-37H. The van der Waals surface area contributed by atoms with Crippen molar-refractivity contribution < 1.29 is 0 Å². The molecule has 0 amide bonds. The summed E-state index contributed by atoms with van der Waals surface area (Å²) in [6, 6.07) is 80.2. The van der Waals surface area contributed by atoms with Crippen LogP contribution in [0.1, 0.15) is 0 Å². The molecular formula is C59H37N3. The molecule has 3 nitrogen and oxygen atoms in total. The molecule has 62 heavy (non-hydrogen) atoms. The number of rotatable bonds is 6. The Morgan fingerprint density at radius 3 is 1.35 bits per heavy atom. The molecular weight excluding hydrogens is 751 g/mol. The summed E-state index contributed by atoms with van der Waals surface area (Å²) in [5.74, 6) is 1.90. The Balaban J connectivity index is 0.961. The van der Waals surface area contributed by atoms with Crippen molar-refractivity contribution in [3.05, 3.63) is 224 Å². The van der Waals surface area contributed by atoms with Crippen molar-refractivity contribution in [1.29, 1.82) is 0 Å². The van der Waals surface area contributed by atoms with Crippen molar-refractivity contribution in [2.45, 2.75) is 0 Å². The van der Waals surface area contributed by atoms with E-state index in [1.165, 1.54) is 65.2 Å². The van der Waals surface area contributed by atoms with Crippen molar-refractivity contribution in [1.82, 2.24) is 15.0 Å². The number of hydrogen-bond donors (Lipinski definition) is 0. The van der Waals surface area contributed by atoms with Crippen LogP contribution in [0.3, 0.4) is 0 Å². The Morgan fingerprint density at radius 2 is 0.629 bits per heavy atom. The summed E-state index contributed by atoms with van der Waals surface area (Å²) >= 11 is 0. The van der Waals surface area contributed by atoms with Gasteiger partial charge in [-0.3, -0.25) is 0 Å². The Morgan fingerprint density at radius 1 is 0.194 bits per heavy atom. The molecule has 12 aromatic rings. The van der Waals surface area contributed by atoms with E-state index in [0.29, 0.717) is 17.5 Å². The summed E-state index contributed by atoms with van der Waals surface area (Å²) in [6.07, 6.45) is 0. The Labute approximate surface area is 359 Å². The minimum atomic E-state index is 0.628. The summed E-state index contributed by atoms with van der Waals surface area (Å²) in [4.78, 5) is 15.7. The predicted octanol–water partition coefficient (Wildman–Crippen LogP) is 15.6. The molecule has 0 aliphatic carbocycles. The molecule has 11 aromatic carbocycles. The fraction of sp³-hybridized carbons (Fsp3) is 0. The quantitative estimate of drug-likeness (QED) is 0.158. The molecule has 0 saturated heterocycles. The van der Waals surface area contributed by atoms with Gasteiger partial charge >= 0.3 is 0 Å². The highest BCUT2D eigenvalue weighted by Gasteiger charge is 2.17. The third-order valence-corrected chi connectivity index (χ3v) is 12.3. The van der Waals surface area contributed by atoms with Gasteiger partial charge in [-0.05, 0) is 105 Å². The van der Waals surface area contributed by atoms with E-state index in [9.17, 15) is 0 Å². The lowest BCUT2D eigenvalue weighted by Gasteiger charge is -2.13. The normalized spacial score (nSPS) is 11.5. The Bertz CT molecular complexity index is 3690. The number of hydrogen-bond acceptors (Lipinski definition) is 3. The summed E-state index contributed by atoms with van der Waals surface area (Å²) in [7, 11) is 0. The van der Waals surface area contributed by atoms with Gasteiger partial charge in [-0.15, -0.1) is 0 Å². The van der Waals surface area contributed by atoms with Gasteiger partial charge in [0.1, 0.15) is 0 Å². The zero-order chi connectivity index (χ0) is 41.0. The highest BCUT2D eigenvalue weighted by Crippen LogP contribution is 2.37. The van der Waals surface area contributed by atoms with Gasteiger partial charge in [0.05, 0.1) is 0 Å². The summed E-state index contributed by atoms with van der Waals surface area (Å²) in [6.45, 7) is 0. The van der Waals surface area contributed by atoms with Crippen LogP contribution < -0.4 is 0 Å². The van der Waals surface area contributed by atoms with Crippen LogP contribution in [0.5, 0.6) is 0 Å². The van der Waals surface area contributed by atoms with Crippen molar-refractivity contribution in [3.8, 4) is 67.5 Å². The largest absolute Gasteiger partial charge is 0.208 e. The molecule has 0 N–H and O–H groups in total. The highest BCUT2D eigenvalue weighted by atomic mass is 15.0. The van der Waals surface area contributed by atoms with Crippen LogP contribution in [0.2, 0.25) is 0 Å². The molecule has 0 radical (unpaired) electrons. The second-order valence-electron chi connectivity index (χ2n) is 16.0. The average Bonchev–Trinajstić information content (AvgIpc) is 3.35. The Hall–Kier alpha value is -8.27. The van der Waals surface area contributed by atoms with Crippen molar-refractivity contribution in [2.24, 2.45) is 0 Å². The molecule has 3 heteroatoms. The lowest BCUT2D eigenvalue weighted by molar-refractivity contribution is 1.08. The monoisotopic (exact) mass is 787 g/mol. The third kappa shape index (κ3) is 6.27. The van der Waals surface area contributed by atoms with E-state index in [-0.39, 0.29) is 0 Å². The average molecular weight is 788 g/mol. The van der Waals surface area contributed by atoms with Gasteiger partial charge in [-0.25, -0.2) is 15.0 Å². The maximum absolute atomic E-state index is 5.25. The van der Waals surface area contributed by atoms with Crippen LogP contribution in [0.25, 0.3) is 121 Å². The lowest BCUT2D eigenvalue weighted by atomic mass is 9.94. The number of nitrogens with zero attached hydrogens (tertiary/aromatic N) is 3. The van der Waals surface area contributed by atoms with Crippen molar-refractivity contribution in [3.63, 3.8) is 0 Å². The molecule has 0 bridgehead atoms.